The fraction of sp³-hybridized carbons (Fsp3) is 0.222. The van der Waals surface area contributed by atoms with Gasteiger partial charge in [-0.25, -0.2) is 0 Å². The minimum atomic E-state index is -2.19. The molecule has 0 aliphatic heterocycles. The van der Waals surface area contributed by atoms with Crippen molar-refractivity contribution in [2.24, 2.45) is 0 Å². The van der Waals surface area contributed by atoms with Crippen molar-refractivity contribution < 1.29 is 46.1 Å². The number of benzene rings is 2. The number of allylic oxidation sites excluding steroid dienone is 8. The molecular formula is C27H26Cl2Zr. The first-order valence-corrected chi connectivity index (χ1v) is 14.4. The molecule has 0 nitrogen and oxygen atoms in total. The second-order valence-electron chi connectivity index (χ2n) is 7.94. The third kappa shape index (κ3) is 4.65. The van der Waals surface area contributed by atoms with Crippen LogP contribution in [0, 0.1) is 0 Å². The molecule has 0 fully saturated rings. The molecule has 0 N–H and O–H groups in total. The third-order valence-corrected chi connectivity index (χ3v) is 14.5. The molecule has 0 bridgehead atoms. The molecule has 3 heteroatoms. The SMILES string of the molecule is C1=CC[C]([Zr+2](=[C](c2ccccc2)c2ccccc2)[CH]2C=CC3=C2CCCC3)=C1.[Cl-].[Cl-]. The molecule has 1 atom stereocenters. The topological polar surface area (TPSA) is 0 Å². The zero-order valence-electron chi connectivity index (χ0n) is 17.0. The summed E-state index contributed by atoms with van der Waals surface area (Å²) in [7, 11) is 0. The van der Waals surface area contributed by atoms with E-state index in [1.165, 1.54) is 36.8 Å². The number of hydrogen-bond acceptors (Lipinski definition) is 0. The summed E-state index contributed by atoms with van der Waals surface area (Å²) in [4.78, 5) is 0. The molecular weight excluding hydrogens is 486 g/mol. The van der Waals surface area contributed by atoms with Crippen LogP contribution in [0.3, 0.4) is 0 Å². The van der Waals surface area contributed by atoms with Crippen LogP contribution in [-0.2, 0) is 21.3 Å². The minimum absolute atomic E-state index is 0. The van der Waals surface area contributed by atoms with Crippen LogP contribution < -0.4 is 24.8 Å². The van der Waals surface area contributed by atoms with Crippen molar-refractivity contribution in [1.29, 1.82) is 0 Å². The van der Waals surface area contributed by atoms with Gasteiger partial charge in [-0.05, 0) is 0 Å². The van der Waals surface area contributed by atoms with E-state index in [2.05, 4.69) is 91.0 Å². The van der Waals surface area contributed by atoms with Gasteiger partial charge in [0.05, 0.1) is 0 Å². The maximum Gasteiger partial charge on any atom is -1.00 e. The molecule has 0 radical (unpaired) electrons. The van der Waals surface area contributed by atoms with Gasteiger partial charge in [0.2, 0.25) is 0 Å². The zero-order chi connectivity index (χ0) is 18.8. The Bertz CT molecular complexity index is 986. The van der Waals surface area contributed by atoms with Gasteiger partial charge in [-0.2, -0.15) is 0 Å². The second-order valence-corrected chi connectivity index (χ2v) is 14.3. The largest absolute Gasteiger partial charge is 1.00 e. The molecule has 0 aromatic heterocycles. The van der Waals surface area contributed by atoms with Gasteiger partial charge in [-0.3, -0.25) is 0 Å². The van der Waals surface area contributed by atoms with Gasteiger partial charge in [0, 0.05) is 0 Å². The number of halogens is 2. The summed E-state index contributed by atoms with van der Waals surface area (Å²) in [5.41, 5.74) is 6.34. The van der Waals surface area contributed by atoms with Crippen LogP contribution in [0.5, 0.6) is 0 Å². The van der Waals surface area contributed by atoms with Crippen LogP contribution in [-0.4, -0.2) is 3.21 Å². The monoisotopic (exact) mass is 510 g/mol. The van der Waals surface area contributed by atoms with E-state index in [0.29, 0.717) is 3.63 Å². The summed E-state index contributed by atoms with van der Waals surface area (Å²) in [6.07, 6.45) is 18.7. The number of rotatable bonds is 4. The van der Waals surface area contributed by atoms with Gasteiger partial charge < -0.3 is 24.8 Å². The normalized spacial score (nSPS) is 18.6. The van der Waals surface area contributed by atoms with Gasteiger partial charge in [0.1, 0.15) is 0 Å². The van der Waals surface area contributed by atoms with Gasteiger partial charge >= 0.3 is 177 Å². The summed E-state index contributed by atoms with van der Waals surface area (Å²) >= 11 is -2.19. The van der Waals surface area contributed by atoms with Gasteiger partial charge in [0.15, 0.2) is 0 Å². The molecule has 2 aromatic rings. The summed E-state index contributed by atoms with van der Waals surface area (Å²) < 4.78 is 4.12. The molecule has 152 valence electrons. The molecule has 0 saturated carbocycles. The van der Waals surface area contributed by atoms with Crippen LogP contribution >= 0.6 is 0 Å². The van der Waals surface area contributed by atoms with Crippen molar-refractivity contribution in [2.75, 3.05) is 0 Å². The average Bonchev–Trinajstić information content (AvgIpc) is 3.44. The fourth-order valence-electron chi connectivity index (χ4n) is 4.95. The summed E-state index contributed by atoms with van der Waals surface area (Å²) in [5, 5.41) is 0. The second kappa shape index (κ2) is 10.9. The molecule has 3 aliphatic carbocycles. The van der Waals surface area contributed by atoms with E-state index in [9.17, 15) is 0 Å². The summed E-state index contributed by atoms with van der Waals surface area (Å²) in [5.74, 6) is 0. The first-order valence-electron chi connectivity index (χ1n) is 10.5. The Balaban J connectivity index is 0.00000128. The third-order valence-electron chi connectivity index (χ3n) is 6.24. The van der Waals surface area contributed by atoms with Gasteiger partial charge in [0.25, 0.3) is 0 Å². The van der Waals surface area contributed by atoms with Crippen molar-refractivity contribution in [3.8, 4) is 0 Å². The first kappa shape index (κ1) is 23.4. The fourth-order valence-corrected chi connectivity index (χ4v) is 13.7. The molecule has 0 saturated heterocycles. The molecule has 5 rings (SSSR count). The van der Waals surface area contributed by atoms with E-state index in [1.807, 2.05) is 0 Å². The van der Waals surface area contributed by atoms with Crippen molar-refractivity contribution in [3.05, 3.63) is 117 Å². The van der Waals surface area contributed by atoms with Gasteiger partial charge in [-0.15, -0.1) is 0 Å². The first-order chi connectivity index (χ1) is 13.9. The Kier molecular flexibility index (Phi) is 8.46. The predicted molar refractivity (Wildman–Crippen MR) is 116 cm³/mol. The Morgan fingerprint density at radius 3 is 2.03 bits per heavy atom. The smallest absolute Gasteiger partial charge is 1.00 e. The zero-order valence-corrected chi connectivity index (χ0v) is 21.0. The van der Waals surface area contributed by atoms with Gasteiger partial charge in [-0.1, -0.05) is 0 Å². The minimum Gasteiger partial charge on any atom is -1.00 e. The van der Waals surface area contributed by atoms with Crippen molar-refractivity contribution in [3.63, 3.8) is 0 Å². The van der Waals surface area contributed by atoms with Crippen LogP contribution in [0.1, 0.15) is 43.2 Å². The Morgan fingerprint density at radius 2 is 1.43 bits per heavy atom. The van der Waals surface area contributed by atoms with Crippen LogP contribution in [0.15, 0.2) is 105 Å². The molecule has 30 heavy (non-hydrogen) atoms. The summed E-state index contributed by atoms with van der Waals surface area (Å²) in [6.45, 7) is 0. The molecule has 0 amide bonds. The van der Waals surface area contributed by atoms with E-state index < -0.39 is 21.3 Å². The van der Waals surface area contributed by atoms with Crippen LogP contribution in [0.25, 0.3) is 0 Å². The quantitative estimate of drug-likeness (QED) is 0.573. The van der Waals surface area contributed by atoms with Crippen LogP contribution in [0.2, 0.25) is 3.63 Å². The number of hydrogen-bond donors (Lipinski definition) is 0. The average molecular weight is 513 g/mol. The Morgan fingerprint density at radius 1 is 0.800 bits per heavy atom. The Labute approximate surface area is 200 Å². The maximum atomic E-state index is 2.59. The van der Waals surface area contributed by atoms with Crippen molar-refractivity contribution >= 4 is 3.21 Å². The molecule has 3 aliphatic rings. The predicted octanol–water partition coefficient (Wildman–Crippen LogP) is 0.954. The molecule has 0 heterocycles. The van der Waals surface area contributed by atoms with E-state index >= 15 is 0 Å². The molecule has 1 unspecified atom stereocenters. The maximum absolute atomic E-state index is 2.59. The summed E-state index contributed by atoms with van der Waals surface area (Å²) in [6, 6.07) is 22.4. The van der Waals surface area contributed by atoms with E-state index in [4.69, 9.17) is 0 Å². The van der Waals surface area contributed by atoms with Crippen molar-refractivity contribution in [1.82, 2.24) is 0 Å². The van der Waals surface area contributed by atoms with Crippen LogP contribution in [0.4, 0.5) is 0 Å². The van der Waals surface area contributed by atoms with Crippen molar-refractivity contribution in [2.45, 2.75) is 35.7 Å². The standard InChI is InChI=1S/C13H10.C9H11.C5H5.2ClH.Zr/c1-3-7-12(8-4-1)11-13-9-5-2-6-10-13;1-2-5-9-7-3-6-8(9)4-1;1-2-4-5-3-1;;;/h1-10H;3,6-7H,1-2,4-5H2;1-3H,4H2;2*1H;/q;;;;;+2/p-2. The Hall–Kier alpha value is -1.27. The van der Waals surface area contributed by atoms with E-state index in [1.54, 1.807) is 17.6 Å². The molecule has 0 spiro atoms. The van der Waals surface area contributed by atoms with E-state index in [-0.39, 0.29) is 24.8 Å². The molecule has 2 aromatic carbocycles. The van der Waals surface area contributed by atoms with E-state index in [0.717, 1.165) is 6.42 Å².